The fraction of sp³-hybridized carbons (Fsp3) is 0.360. The number of nitrogens with zero attached hydrogens (tertiary/aromatic N) is 4. The molecule has 1 saturated heterocycles. The molecule has 3 aromatic rings. The van der Waals surface area contributed by atoms with Crippen LogP contribution in [-0.4, -0.2) is 59.9 Å². The molecule has 0 aromatic carbocycles. The zero-order valence-electron chi connectivity index (χ0n) is 19.5. The van der Waals surface area contributed by atoms with Gasteiger partial charge in [0.2, 0.25) is 11.9 Å². The molecule has 2 aliphatic rings. The zero-order valence-corrected chi connectivity index (χ0v) is 21.2. The number of amides is 2. The van der Waals surface area contributed by atoms with Crippen LogP contribution < -0.4 is 10.2 Å². The molecule has 0 radical (unpaired) electrons. The molecule has 35 heavy (non-hydrogen) atoms. The number of pyridine rings is 1. The minimum absolute atomic E-state index is 0.102. The number of rotatable bonds is 6. The topological polar surface area (TPSA) is 78.4 Å². The number of anilines is 1. The Labute approximate surface area is 211 Å². The summed E-state index contributed by atoms with van der Waals surface area (Å²) in [6, 6.07) is 4.85. The van der Waals surface area contributed by atoms with Crippen molar-refractivity contribution in [2.45, 2.75) is 25.3 Å². The molecule has 2 amide bonds. The smallest absolute Gasteiger partial charge is 0.261 e. The molecule has 0 saturated carbocycles. The maximum atomic E-state index is 13.0. The third-order valence-corrected chi connectivity index (χ3v) is 8.52. The normalized spacial score (nSPS) is 19.7. The van der Waals surface area contributed by atoms with Crippen LogP contribution in [0, 0.1) is 11.9 Å². The second-order valence-corrected chi connectivity index (χ2v) is 11.1. The van der Waals surface area contributed by atoms with Gasteiger partial charge in [-0.25, -0.2) is 9.97 Å². The number of fused-ring (bicyclic) bond motifs is 1. The van der Waals surface area contributed by atoms with Crippen LogP contribution >= 0.6 is 22.7 Å². The van der Waals surface area contributed by atoms with Gasteiger partial charge in [0, 0.05) is 39.8 Å². The lowest BCUT2D eigenvalue weighted by atomic mass is 9.98. The van der Waals surface area contributed by atoms with Crippen molar-refractivity contribution < 1.29 is 14.0 Å². The molecule has 10 heteroatoms. The van der Waals surface area contributed by atoms with Gasteiger partial charge in [0.1, 0.15) is 4.83 Å². The second kappa shape index (κ2) is 9.87. The van der Waals surface area contributed by atoms with Gasteiger partial charge in [0.05, 0.1) is 15.6 Å². The SMILES string of the molecule is CN(C)C(=O)CC1CCN(c2nc3sc(C(=O)NC4C=CC(c5ccc(F)nc5)=CC4)cc3s2)C1. The van der Waals surface area contributed by atoms with Crippen LogP contribution in [-0.2, 0) is 4.79 Å². The minimum atomic E-state index is -0.502. The molecule has 1 aliphatic carbocycles. The van der Waals surface area contributed by atoms with E-state index in [0.29, 0.717) is 23.6 Å². The van der Waals surface area contributed by atoms with E-state index in [-0.39, 0.29) is 17.9 Å². The van der Waals surface area contributed by atoms with Crippen molar-refractivity contribution in [2.24, 2.45) is 5.92 Å². The first kappa shape index (κ1) is 23.6. The van der Waals surface area contributed by atoms with E-state index in [4.69, 9.17) is 4.98 Å². The Bertz CT molecular complexity index is 1280. The first-order valence-corrected chi connectivity index (χ1v) is 13.2. The van der Waals surface area contributed by atoms with Crippen LogP contribution in [0.25, 0.3) is 15.1 Å². The third kappa shape index (κ3) is 5.28. The fourth-order valence-corrected chi connectivity index (χ4v) is 6.45. The lowest BCUT2D eigenvalue weighted by molar-refractivity contribution is -0.129. The monoisotopic (exact) mass is 511 g/mol. The van der Waals surface area contributed by atoms with Gasteiger partial charge in [-0.1, -0.05) is 29.6 Å². The molecular formula is C25H26FN5O2S2. The van der Waals surface area contributed by atoms with Crippen LogP contribution in [0.3, 0.4) is 0 Å². The number of hydrogen-bond donors (Lipinski definition) is 1. The van der Waals surface area contributed by atoms with Gasteiger partial charge in [-0.2, -0.15) is 4.39 Å². The van der Waals surface area contributed by atoms with Crippen LogP contribution in [0.15, 0.2) is 42.6 Å². The molecule has 7 nitrogen and oxygen atoms in total. The highest BCUT2D eigenvalue weighted by Crippen LogP contribution is 2.37. The van der Waals surface area contributed by atoms with Crippen molar-refractivity contribution in [2.75, 3.05) is 32.1 Å². The highest BCUT2D eigenvalue weighted by Gasteiger charge is 2.28. The Balaban J connectivity index is 1.17. The lowest BCUT2D eigenvalue weighted by Crippen LogP contribution is -2.33. The summed E-state index contributed by atoms with van der Waals surface area (Å²) in [5, 5.41) is 4.02. The van der Waals surface area contributed by atoms with Gasteiger partial charge in [-0.3, -0.25) is 9.59 Å². The van der Waals surface area contributed by atoms with Crippen LogP contribution in [0.5, 0.6) is 0 Å². The summed E-state index contributed by atoms with van der Waals surface area (Å²) in [5.74, 6) is -0.0942. The number of carbonyl (C=O) groups is 2. The first-order chi connectivity index (χ1) is 16.9. The maximum absolute atomic E-state index is 13.0. The summed E-state index contributed by atoms with van der Waals surface area (Å²) in [4.78, 5) is 38.7. The van der Waals surface area contributed by atoms with E-state index in [1.807, 2.05) is 24.3 Å². The van der Waals surface area contributed by atoms with Crippen LogP contribution in [0.1, 0.15) is 34.5 Å². The van der Waals surface area contributed by atoms with Crippen molar-refractivity contribution in [3.8, 4) is 0 Å². The van der Waals surface area contributed by atoms with Crippen molar-refractivity contribution in [1.29, 1.82) is 0 Å². The highest BCUT2D eigenvalue weighted by molar-refractivity contribution is 7.29. The summed E-state index contributed by atoms with van der Waals surface area (Å²) in [7, 11) is 3.59. The fourth-order valence-electron chi connectivity index (χ4n) is 4.30. The number of hydrogen-bond acceptors (Lipinski definition) is 7. The third-order valence-electron chi connectivity index (χ3n) is 6.30. The molecule has 182 valence electrons. The van der Waals surface area contributed by atoms with Crippen molar-refractivity contribution >= 4 is 54.7 Å². The molecule has 2 unspecified atom stereocenters. The number of thiophene rings is 1. The molecule has 1 aliphatic heterocycles. The number of thiazole rings is 1. The van der Waals surface area contributed by atoms with Crippen molar-refractivity contribution in [3.05, 3.63) is 59.0 Å². The van der Waals surface area contributed by atoms with Gasteiger partial charge in [-0.15, -0.1) is 11.3 Å². The van der Waals surface area contributed by atoms with Crippen LogP contribution in [0.2, 0.25) is 0 Å². The predicted octanol–water partition coefficient (Wildman–Crippen LogP) is 4.34. The summed E-state index contributed by atoms with van der Waals surface area (Å²) < 4.78 is 14.0. The van der Waals surface area contributed by atoms with E-state index >= 15 is 0 Å². The maximum Gasteiger partial charge on any atom is 0.261 e. The van der Waals surface area contributed by atoms with Gasteiger partial charge in [0.15, 0.2) is 5.13 Å². The molecular weight excluding hydrogens is 485 g/mol. The van der Waals surface area contributed by atoms with Gasteiger partial charge in [-0.05, 0) is 48.1 Å². The van der Waals surface area contributed by atoms with Gasteiger partial charge >= 0.3 is 0 Å². The minimum Gasteiger partial charge on any atom is -0.349 e. The second-order valence-electron chi connectivity index (χ2n) is 9.07. The standard InChI is InChI=1S/C25H26FN5O2S2/c1-30(2)22(32)11-15-9-10-31(14-15)25-29-24-20(35-25)12-19(34-24)23(33)28-18-6-3-16(4-7-18)17-5-8-21(26)27-13-17/h3-6,8,12-13,15,18H,7,9-11,14H2,1-2H3,(H,28,33). The van der Waals surface area contributed by atoms with E-state index in [0.717, 1.165) is 45.3 Å². The summed E-state index contributed by atoms with van der Waals surface area (Å²) in [5.41, 5.74) is 1.81. The molecule has 1 fully saturated rings. The summed E-state index contributed by atoms with van der Waals surface area (Å²) in [6.45, 7) is 1.74. The predicted molar refractivity (Wildman–Crippen MR) is 138 cm³/mol. The van der Waals surface area contributed by atoms with E-state index in [1.165, 1.54) is 23.6 Å². The molecule has 4 heterocycles. The molecule has 0 spiro atoms. The van der Waals surface area contributed by atoms with E-state index in [1.54, 1.807) is 36.4 Å². The Morgan fingerprint density at radius 2 is 2.14 bits per heavy atom. The van der Waals surface area contributed by atoms with E-state index < -0.39 is 5.95 Å². The quantitative estimate of drug-likeness (QED) is 0.498. The number of aromatic nitrogens is 2. The van der Waals surface area contributed by atoms with Gasteiger partial charge < -0.3 is 15.1 Å². The average Bonchev–Trinajstić information content (AvgIpc) is 3.55. The molecule has 5 rings (SSSR count). The Morgan fingerprint density at radius 3 is 2.83 bits per heavy atom. The molecule has 2 atom stereocenters. The molecule has 0 bridgehead atoms. The summed E-state index contributed by atoms with van der Waals surface area (Å²) in [6.07, 6.45) is 9.63. The van der Waals surface area contributed by atoms with Crippen LogP contribution in [0.4, 0.5) is 9.52 Å². The Hall–Kier alpha value is -3.11. The Morgan fingerprint density at radius 1 is 1.29 bits per heavy atom. The van der Waals surface area contributed by atoms with Gasteiger partial charge in [0.25, 0.3) is 5.91 Å². The van der Waals surface area contributed by atoms with Crippen molar-refractivity contribution in [1.82, 2.24) is 20.2 Å². The van der Waals surface area contributed by atoms with E-state index in [2.05, 4.69) is 15.2 Å². The number of nitrogens with one attached hydrogen (secondary N) is 1. The van der Waals surface area contributed by atoms with E-state index in [9.17, 15) is 14.0 Å². The largest absolute Gasteiger partial charge is 0.349 e. The number of allylic oxidation sites excluding steroid dienone is 2. The molecule has 3 aromatic heterocycles. The first-order valence-electron chi connectivity index (χ1n) is 11.5. The number of halogens is 1. The zero-order chi connectivity index (χ0) is 24.5. The summed E-state index contributed by atoms with van der Waals surface area (Å²) >= 11 is 3.00. The Kier molecular flexibility index (Phi) is 6.66. The highest BCUT2D eigenvalue weighted by atomic mass is 32.1. The average molecular weight is 512 g/mol. The molecule has 1 N–H and O–H groups in total. The lowest BCUT2D eigenvalue weighted by Gasteiger charge is -2.17. The van der Waals surface area contributed by atoms with Crippen molar-refractivity contribution in [3.63, 3.8) is 0 Å². The number of carbonyl (C=O) groups excluding carboxylic acids is 2.